The first-order chi connectivity index (χ1) is 16.5. The smallest absolute Gasteiger partial charge is 0.318 e. The zero-order chi connectivity index (χ0) is 23.7. The number of hydrogen-bond donors (Lipinski definition) is 2. The normalized spacial score (nSPS) is 23.3. The van der Waals surface area contributed by atoms with E-state index in [4.69, 9.17) is 4.98 Å². The molecule has 8 nitrogen and oxygen atoms in total. The zero-order valence-corrected chi connectivity index (χ0v) is 19.8. The Hall–Kier alpha value is -3.30. The van der Waals surface area contributed by atoms with Gasteiger partial charge in [0.2, 0.25) is 0 Å². The molecule has 2 aliphatic heterocycles. The Bertz CT molecular complexity index is 1200. The van der Waals surface area contributed by atoms with Crippen LogP contribution in [-0.2, 0) is 15.1 Å². The number of piperidine rings is 1. The van der Waals surface area contributed by atoms with Gasteiger partial charge in [0, 0.05) is 12.5 Å². The second kappa shape index (κ2) is 9.15. The van der Waals surface area contributed by atoms with Gasteiger partial charge in [0.25, 0.3) is 11.8 Å². The minimum Gasteiger partial charge on any atom is -0.318 e. The van der Waals surface area contributed by atoms with Crippen LogP contribution in [0.2, 0.25) is 0 Å². The van der Waals surface area contributed by atoms with Crippen molar-refractivity contribution in [3.63, 3.8) is 0 Å². The number of amides is 4. The largest absolute Gasteiger partial charge is 0.344 e. The molecule has 3 heterocycles. The topological polar surface area (TPSA) is 94.6 Å². The van der Waals surface area contributed by atoms with Crippen molar-refractivity contribution in [1.82, 2.24) is 25.6 Å². The number of thiazole rings is 1. The molecule has 0 spiro atoms. The lowest BCUT2D eigenvalue weighted by Gasteiger charge is -2.31. The average Bonchev–Trinajstić information content (AvgIpc) is 3.40. The number of carbonyl (C=O) groups is 3. The van der Waals surface area contributed by atoms with E-state index < -0.39 is 17.5 Å². The number of aromatic nitrogens is 1. The van der Waals surface area contributed by atoms with E-state index in [1.54, 1.807) is 11.3 Å². The predicted molar refractivity (Wildman–Crippen MR) is 130 cm³/mol. The first-order valence-corrected chi connectivity index (χ1v) is 12.4. The Balaban J connectivity index is 1.24. The van der Waals surface area contributed by atoms with Gasteiger partial charge in [-0.05, 0) is 43.5 Å². The number of benzene rings is 2. The number of hydrazine groups is 1. The number of likely N-dealkylation sites (tertiary alicyclic amines) is 1. The number of nitrogens with zero attached hydrogens (tertiary/aromatic N) is 3. The highest BCUT2D eigenvalue weighted by atomic mass is 32.1. The highest BCUT2D eigenvalue weighted by Gasteiger charge is 2.52. The fourth-order valence-corrected chi connectivity index (χ4v) is 5.96. The van der Waals surface area contributed by atoms with Gasteiger partial charge in [0.05, 0.1) is 21.8 Å². The lowest BCUT2D eigenvalue weighted by Crippen LogP contribution is -2.51. The summed E-state index contributed by atoms with van der Waals surface area (Å²) in [6.07, 6.45) is 2.37. The number of urea groups is 1. The molecule has 0 aliphatic carbocycles. The maximum atomic E-state index is 13.2. The highest BCUT2D eigenvalue weighted by molar-refractivity contribution is 7.18. The Kier molecular flexibility index (Phi) is 6.05. The summed E-state index contributed by atoms with van der Waals surface area (Å²) in [4.78, 5) is 45.6. The molecule has 4 amide bonds. The monoisotopic (exact) mass is 477 g/mol. The van der Waals surface area contributed by atoms with Crippen molar-refractivity contribution >= 4 is 39.4 Å². The number of carbonyl (C=O) groups excluding carboxylic acids is 3. The predicted octanol–water partition coefficient (Wildman–Crippen LogP) is 3.36. The summed E-state index contributed by atoms with van der Waals surface area (Å²) in [5.74, 6) is -0.583. The van der Waals surface area contributed by atoms with Crippen molar-refractivity contribution in [3.05, 3.63) is 65.2 Å². The number of para-hydroxylation sites is 1. The number of imide groups is 1. The third-order valence-electron chi connectivity index (χ3n) is 6.66. The molecule has 2 N–H and O–H groups in total. The molecular formula is C25H27N5O3S. The van der Waals surface area contributed by atoms with E-state index in [0.717, 1.165) is 41.5 Å². The first-order valence-electron chi connectivity index (χ1n) is 11.6. The van der Waals surface area contributed by atoms with Gasteiger partial charge in [0.1, 0.15) is 5.54 Å². The van der Waals surface area contributed by atoms with Gasteiger partial charge in [-0.1, -0.05) is 49.4 Å². The van der Waals surface area contributed by atoms with Crippen molar-refractivity contribution in [2.24, 2.45) is 0 Å². The molecule has 2 fully saturated rings. The van der Waals surface area contributed by atoms with Crippen LogP contribution in [0.5, 0.6) is 0 Å². The third kappa shape index (κ3) is 4.05. The molecule has 3 aromatic rings. The minimum absolute atomic E-state index is 0.114. The minimum atomic E-state index is -1.17. The molecule has 5 rings (SSSR count). The summed E-state index contributed by atoms with van der Waals surface area (Å²) in [5, 5.41) is 4.71. The maximum Gasteiger partial charge on any atom is 0.344 e. The Morgan fingerprint density at radius 3 is 2.71 bits per heavy atom. The molecule has 2 unspecified atom stereocenters. The summed E-state index contributed by atoms with van der Waals surface area (Å²) in [7, 11) is 0. The molecule has 0 saturated carbocycles. The van der Waals surface area contributed by atoms with Gasteiger partial charge in [-0.15, -0.1) is 11.3 Å². The Labute approximate surface area is 201 Å². The summed E-state index contributed by atoms with van der Waals surface area (Å²) in [6.45, 7) is 3.46. The zero-order valence-electron chi connectivity index (χ0n) is 19.0. The van der Waals surface area contributed by atoms with E-state index in [1.165, 1.54) is 4.70 Å². The van der Waals surface area contributed by atoms with Crippen LogP contribution in [0.4, 0.5) is 4.79 Å². The second-order valence-electron chi connectivity index (χ2n) is 8.82. The van der Waals surface area contributed by atoms with Gasteiger partial charge in [-0.25, -0.2) is 9.78 Å². The van der Waals surface area contributed by atoms with E-state index >= 15 is 0 Å². The number of rotatable bonds is 6. The molecule has 176 valence electrons. The Morgan fingerprint density at radius 1 is 1.18 bits per heavy atom. The third-order valence-corrected chi connectivity index (χ3v) is 7.86. The molecule has 1 aromatic heterocycles. The molecule has 34 heavy (non-hydrogen) atoms. The van der Waals surface area contributed by atoms with Crippen molar-refractivity contribution in [1.29, 1.82) is 0 Å². The van der Waals surface area contributed by atoms with Crippen LogP contribution >= 0.6 is 11.3 Å². The highest BCUT2D eigenvalue weighted by Crippen LogP contribution is 2.33. The molecule has 0 radical (unpaired) electrons. The average molecular weight is 478 g/mol. The quantitative estimate of drug-likeness (QED) is 0.531. The fourth-order valence-electron chi connectivity index (χ4n) is 4.87. The molecule has 0 bridgehead atoms. The van der Waals surface area contributed by atoms with Crippen LogP contribution < -0.4 is 10.7 Å². The molecule has 2 saturated heterocycles. The van der Waals surface area contributed by atoms with Crippen molar-refractivity contribution < 1.29 is 14.4 Å². The fraction of sp³-hybridized carbons (Fsp3) is 0.360. The second-order valence-corrected chi connectivity index (χ2v) is 9.89. The van der Waals surface area contributed by atoms with E-state index in [1.807, 2.05) is 55.5 Å². The molecular weight excluding hydrogens is 450 g/mol. The van der Waals surface area contributed by atoms with Crippen LogP contribution in [0, 0.1) is 0 Å². The number of nitrogens with one attached hydrogen (secondary N) is 2. The van der Waals surface area contributed by atoms with Gasteiger partial charge in [-0.3, -0.25) is 19.9 Å². The summed E-state index contributed by atoms with van der Waals surface area (Å²) < 4.78 is 1.17. The van der Waals surface area contributed by atoms with Crippen LogP contribution in [0.3, 0.4) is 0 Å². The van der Waals surface area contributed by atoms with Crippen LogP contribution in [0.1, 0.15) is 42.7 Å². The Morgan fingerprint density at radius 2 is 1.94 bits per heavy atom. The van der Waals surface area contributed by atoms with Gasteiger partial charge < -0.3 is 5.32 Å². The van der Waals surface area contributed by atoms with Crippen molar-refractivity contribution in [3.8, 4) is 0 Å². The van der Waals surface area contributed by atoms with Crippen LogP contribution in [0.15, 0.2) is 54.6 Å². The first kappa shape index (κ1) is 22.5. The lowest BCUT2D eigenvalue weighted by molar-refractivity contribution is -0.140. The molecule has 2 atom stereocenters. The van der Waals surface area contributed by atoms with Crippen LogP contribution in [0.25, 0.3) is 10.2 Å². The van der Waals surface area contributed by atoms with E-state index in [-0.39, 0.29) is 18.4 Å². The molecule has 9 heteroatoms. The number of hydrogen-bond acceptors (Lipinski definition) is 6. The molecule has 2 aromatic carbocycles. The van der Waals surface area contributed by atoms with Gasteiger partial charge in [-0.2, -0.15) is 5.01 Å². The SMILES string of the molecule is CCC1(c2ccccc2)NC(=O)N(NC(=O)CN2CCCC(c3nc4ccccc4s3)C2)C1=O. The van der Waals surface area contributed by atoms with Crippen LogP contribution in [-0.4, -0.2) is 52.4 Å². The summed E-state index contributed by atoms with van der Waals surface area (Å²) >= 11 is 1.71. The number of fused-ring (bicyclic) bond motifs is 1. The summed E-state index contributed by atoms with van der Waals surface area (Å²) in [6, 6.07) is 16.6. The van der Waals surface area contributed by atoms with E-state index in [9.17, 15) is 14.4 Å². The van der Waals surface area contributed by atoms with E-state index in [2.05, 4.69) is 21.7 Å². The van der Waals surface area contributed by atoms with Crippen molar-refractivity contribution in [2.45, 2.75) is 37.6 Å². The lowest BCUT2D eigenvalue weighted by atomic mass is 9.87. The molecule has 2 aliphatic rings. The van der Waals surface area contributed by atoms with Gasteiger partial charge in [0.15, 0.2) is 0 Å². The summed E-state index contributed by atoms with van der Waals surface area (Å²) in [5.41, 5.74) is 3.07. The van der Waals surface area contributed by atoms with Gasteiger partial charge >= 0.3 is 6.03 Å². The van der Waals surface area contributed by atoms with E-state index in [0.29, 0.717) is 12.0 Å². The standard InChI is InChI=1S/C25H27N5O3S/c1-2-25(18-10-4-3-5-11-18)23(32)30(24(33)27-25)28-21(31)16-29-14-8-9-17(15-29)22-26-19-12-6-7-13-20(19)34-22/h3-7,10-13,17H,2,8-9,14-16H2,1H3,(H,27,33)(H,28,31). The maximum absolute atomic E-state index is 13.2. The van der Waals surface area contributed by atoms with Crippen molar-refractivity contribution in [2.75, 3.05) is 19.6 Å².